The van der Waals surface area contributed by atoms with Crippen molar-refractivity contribution < 1.29 is 14.5 Å². The maximum absolute atomic E-state index is 6.02. The largest absolute Gasteiger partial charge is 0.350 e. The highest BCUT2D eigenvalue weighted by molar-refractivity contribution is 5.03. The number of hydrogen-bond donors (Lipinski definition) is 0. The van der Waals surface area contributed by atoms with E-state index >= 15 is 0 Å². The summed E-state index contributed by atoms with van der Waals surface area (Å²) in [4.78, 5) is 11.8. The van der Waals surface area contributed by atoms with Crippen molar-refractivity contribution in [1.29, 1.82) is 0 Å². The summed E-state index contributed by atoms with van der Waals surface area (Å²) >= 11 is 0. The van der Waals surface area contributed by atoms with Gasteiger partial charge in [0, 0.05) is 18.9 Å². The van der Waals surface area contributed by atoms with Gasteiger partial charge in [0.05, 0.1) is 6.10 Å². The Kier molecular flexibility index (Phi) is 3.13. The van der Waals surface area contributed by atoms with Crippen LogP contribution in [0.15, 0.2) is 0 Å². The Hall–Kier alpha value is -0.120. The fourth-order valence-electron chi connectivity index (χ4n) is 5.47. The van der Waals surface area contributed by atoms with E-state index in [1.165, 1.54) is 44.9 Å². The second kappa shape index (κ2) is 4.71. The average Bonchev–Trinajstić information content (AvgIpc) is 2.91. The summed E-state index contributed by atoms with van der Waals surface area (Å²) in [5.41, 5.74) is 0. The summed E-state index contributed by atoms with van der Waals surface area (Å²) in [6.07, 6.45) is 11.8. The Morgan fingerprint density at radius 3 is 1.95 bits per heavy atom. The zero-order valence-electron chi connectivity index (χ0n) is 12.0. The highest BCUT2D eigenvalue weighted by Gasteiger charge is 2.60. The monoisotopic (exact) mass is 266 g/mol. The lowest BCUT2D eigenvalue weighted by Gasteiger charge is -2.58. The molecule has 0 aromatic carbocycles. The first-order chi connectivity index (χ1) is 9.30. The van der Waals surface area contributed by atoms with E-state index in [9.17, 15) is 0 Å². The van der Waals surface area contributed by atoms with Gasteiger partial charge in [-0.25, -0.2) is 9.78 Å². The number of ether oxygens (including phenoxy) is 1. The van der Waals surface area contributed by atoms with Crippen LogP contribution in [-0.4, -0.2) is 19.0 Å². The van der Waals surface area contributed by atoms with Crippen molar-refractivity contribution in [3.63, 3.8) is 0 Å². The number of rotatable bonds is 4. The normalized spacial score (nSPS) is 49.1. The van der Waals surface area contributed by atoms with E-state index in [4.69, 9.17) is 14.5 Å². The van der Waals surface area contributed by atoms with E-state index in [2.05, 4.69) is 0 Å². The average molecular weight is 266 g/mol. The van der Waals surface area contributed by atoms with E-state index in [0.29, 0.717) is 17.9 Å². The van der Waals surface area contributed by atoms with Crippen LogP contribution in [0.25, 0.3) is 0 Å². The van der Waals surface area contributed by atoms with Crippen molar-refractivity contribution in [3.05, 3.63) is 0 Å². The van der Waals surface area contributed by atoms with Gasteiger partial charge in [0.2, 0.25) is 5.79 Å². The fourth-order valence-corrected chi connectivity index (χ4v) is 5.47. The molecular weight excluding hydrogens is 240 g/mol. The predicted molar refractivity (Wildman–Crippen MR) is 71.2 cm³/mol. The first-order valence-electron chi connectivity index (χ1n) is 8.20. The highest BCUT2D eigenvalue weighted by atomic mass is 17.2. The number of hydrogen-bond acceptors (Lipinski definition) is 3. The van der Waals surface area contributed by atoms with Crippen molar-refractivity contribution in [3.8, 4) is 0 Å². The van der Waals surface area contributed by atoms with Crippen molar-refractivity contribution >= 4 is 0 Å². The molecular formula is C16H26O3. The molecule has 0 amide bonds. The van der Waals surface area contributed by atoms with Crippen molar-refractivity contribution in [2.24, 2.45) is 23.7 Å². The molecule has 108 valence electrons. The van der Waals surface area contributed by atoms with Gasteiger partial charge in [-0.3, -0.25) is 0 Å². The lowest BCUT2D eigenvalue weighted by Crippen LogP contribution is -2.60. The maximum Gasteiger partial charge on any atom is 0.207 e. The second-order valence-electron chi connectivity index (χ2n) is 7.32. The minimum atomic E-state index is -0.421. The van der Waals surface area contributed by atoms with Crippen LogP contribution >= 0.6 is 0 Å². The molecule has 5 saturated carbocycles. The third-order valence-corrected chi connectivity index (χ3v) is 6.21. The van der Waals surface area contributed by atoms with Gasteiger partial charge >= 0.3 is 0 Å². The topological polar surface area (TPSA) is 27.7 Å². The second-order valence-corrected chi connectivity index (χ2v) is 7.32. The molecule has 0 aromatic heterocycles. The molecule has 0 aliphatic heterocycles. The maximum atomic E-state index is 6.02. The first kappa shape index (κ1) is 12.6. The van der Waals surface area contributed by atoms with E-state index in [1.54, 1.807) is 0 Å². The van der Waals surface area contributed by atoms with E-state index < -0.39 is 5.79 Å². The van der Waals surface area contributed by atoms with Crippen LogP contribution in [0.4, 0.5) is 0 Å². The molecule has 3 nitrogen and oxygen atoms in total. The van der Waals surface area contributed by atoms with E-state index in [0.717, 1.165) is 24.7 Å². The van der Waals surface area contributed by atoms with E-state index in [1.807, 2.05) is 7.11 Å². The van der Waals surface area contributed by atoms with Crippen molar-refractivity contribution in [2.75, 3.05) is 7.11 Å². The van der Waals surface area contributed by atoms with Crippen LogP contribution in [0.5, 0.6) is 0 Å². The zero-order valence-corrected chi connectivity index (χ0v) is 12.0. The Balaban J connectivity index is 1.49. The molecule has 0 heterocycles. The first-order valence-corrected chi connectivity index (χ1v) is 8.20. The third kappa shape index (κ3) is 1.97. The van der Waals surface area contributed by atoms with Gasteiger partial charge in [0.1, 0.15) is 0 Å². The molecule has 0 aromatic rings. The minimum Gasteiger partial charge on any atom is -0.350 e. The van der Waals surface area contributed by atoms with Gasteiger partial charge in [-0.15, -0.1) is 0 Å². The SMILES string of the molecule is COC1(OOC2CCCC2)C2CC3CC(C2)CC1C3. The quantitative estimate of drug-likeness (QED) is 0.441. The summed E-state index contributed by atoms with van der Waals surface area (Å²) in [5.74, 6) is 2.57. The lowest BCUT2D eigenvalue weighted by molar-refractivity contribution is -0.483. The summed E-state index contributed by atoms with van der Waals surface area (Å²) < 4.78 is 5.93. The molecule has 0 atom stereocenters. The molecule has 5 aliphatic rings. The molecule has 0 radical (unpaired) electrons. The molecule has 0 saturated heterocycles. The molecule has 5 rings (SSSR count). The zero-order chi connectivity index (χ0) is 12.9. The standard InChI is InChI=1S/C16H26O3/c1-17-16(19-18-15-4-2-3-5-15)13-7-11-6-12(9-13)10-14(16)8-11/h11-15H,2-10H2,1H3. The smallest absolute Gasteiger partial charge is 0.207 e. The molecule has 0 N–H and O–H groups in total. The van der Waals surface area contributed by atoms with Gasteiger partial charge in [0.15, 0.2) is 0 Å². The Morgan fingerprint density at radius 2 is 1.42 bits per heavy atom. The van der Waals surface area contributed by atoms with Crippen LogP contribution < -0.4 is 0 Å². The summed E-state index contributed by atoms with van der Waals surface area (Å²) in [6, 6.07) is 0. The summed E-state index contributed by atoms with van der Waals surface area (Å²) in [5, 5.41) is 0. The molecule has 5 aliphatic carbocycles. The van der Waals surface area contributed by atoms with Crippen LogP contribution in [0.3, 0.4) is 0 Å². The molecule has 0 unspecified atom stereocenters. The molecule has 3 heteroatoms. The Morgan fingerprint density at radius 1 is 0.842 bits per heavy atom. The lowest BCUT2D eigenvalue weighted by atomic mass is 9.53. The van der Waals surface area contributed by atoms with Crippen molar-refractivity contribution in [2.45, 2.75) is 69.7 Å². The fraction of sp³-hybridized carbons (Fsp3) is 1.00. The Bertz CT molecular complexity index is 307. The van der Waals surface area contributed by atoms with Crippen LogP contribution in [-0.2, 0) is 14.5 Å². The molecule has 4 bridgehead atoms. The van der Waals surface area contributed by atoms with Crippen LogP contribution in [0.1, 0.15) is 57.8 Å². The number of methoxy groups -OCH3 is 1. The third-order valence-electron chi connectivity index (χ3n) is 6.21. The molecule has 19 heavy (non-hydrogen) atoms. The van der Waals surface area contributed by atoms with Gasteiger partial charge in [-0.2, -0.15) is 0 Å². The van der Waals surface area contributed by atoms with Crippen LogP contribution in [0, 0.1) is 23.7 Å². The summed E-state index contributed by atoms with van der Waals surface area (Å²) in [6.45, 7) is 0. The van der Waals surface area contributed by atoms with Crippen LogP contribution in [0.2, 0.25) is 0 Å². The Labute approximate surface area is 115 Å². The van der Waals surface area contributed by atoms with Crippen molar-refractivity contribution in [1.82, 2.24) is 0 Å². The molecule has 0 spiro atoms. The van der Waals surface area contributed by atoms with Gasteiger partial charge < -0.3 is 4.74 Å². The highest BCUT2D eigenvalue weighted by Crippen LogP contribution is 2.60. The predicted octanol–water partition coefficient (Wildman–Crippen LogP) is 3.68. The van der Waals surface area contributed by atoms with Gasteiger partial charge in [-0.05, 0) is 56.8 Å². The van der Waals surface area contributed by atoms with Gasteiger partial charge in [-0.1, -0.05) is 12.8 Å². The minimum absolute atomic E-state index is 0.309. The van der Waals surface area contributed by atoms with E-state index in [-0.39, 0.29) is 0 Å². The summed E-state index contributed by atoms with van der Waals surface area (Å²) in [7, 11) is 1.82. The van der Waals surface area contributed by atoms with Gasteiger partial charge in [0.25, 0.3) is 0 Å². The molecule has 5 fully saturated rings.